The summed E-state index contributed by atoms with van der Waals surface area (Å²) in [4.78, 5) is 24.0. The summed E-state index contributed by atoms with van der Waals surface area (Å²) in [5, 5.41) is 2.70. The van der Waals surface area contributed by atoms with Crippen molar-refractivity contribution in [3.05, 3.63) is 35.2 Å². The van der Waals surface area contributed by atoms with E-state index in [0.29, 0.717) is 30.7 Å². The smallest absolute Gasteiger partial charge is 0.221 e. The van der Waals surface area contributed by atoms with Gasteiger partial charge in [-0.25, -0.2) is 4.39 Å². The summed E-state index contributed by atoms with van der Waals surface area (Å²) < 4.78 is 26.2. The lowest BCUT2D eigenvalue weighted by atomic mass is 9.68. The van der Waals surface area contributed by atoms with Crippen molar-refractivity contribution in [1.29, 1.82) is 0 Å². The third kappa shape index (κ3) is 4.22. The van der Waals surface area contributed by atoms with Gasteiger partial charge in [0, 0.05) is 18.9 Å². The second-order valence-electron chi connectivity index (χ2n) is 8.18. The highest BCUT2D eigenvalue weighted by Gasteiger charge is 2.49. The molecule has 1 N–H and O–H groups in total. The number of nitrogens with one attached hydrogen (secondary N) is 1. The van der Waals surface area contributed by atoms with E-state index in [4.69, 9.17) is 9.47 Å². The first kappa shape index (κ1) is 21.5. The average molecular weight is 403 g/mol. The van der Waals surface area contributed by atoms with Crippen LogP contribution in [0.25, 0.3) is 0 Å². The van der Waals surface area contributed by atoms with Gasteiger partial charge < -0.3 is 14.8 Å². The molecule has 2 aliphatic rings. The fourth-order valence-electron chi connectivity index (χ4n) is 4.75. The van der Waals surface area contributed by atoms with Crippen molar-refractivity contribution >= 4 is 17.4 Å². The normalized spacial score (nSPS) is 24.7. The number of ketones is 1. The summed E-state index contributed by atoms with van der Waals surface area (Å²) in [6.07, 6.45) is 5.40. The minimum atomic E-state index is -0.520. The summed E-state index contributed by atoms with van der Waals surface area (Å²) >= 11 is 0. The number of methoxy groups -OCH3 is 1. The zero-order chi connectivity index (χ0) is 21.2. The number of rotatable bonds is 7. The molecule has 1 aliphatic heterocycles. The topological polar surface area (TPSA) is 64.6 Å². The number of fused-ring (bicyclic) bond motifs is 1. The van der Waals surface area contributed by atoms with Crippen molar-refractivity contribution < 1.29 is 23.5 Å². The minimum Gasteiger partial charge on any atom is -0.494 e. The van der Waals surface area contributed by atoms with Gasteiger partial charge in [0.2, 0.25) is 5.91 Å². The van der Waals surface area contributed by atoms with Gasteiger partial charge in [-0.05, 0) is 54.9 Å². The maximum Gasteiger partial charge on any atom is 0.221 e. The summed E-state index contributed by atoms with van der Waals surface area (Å²) in [5.41, 5.74) is 1.47. The summed E-state index contributed by atoms with van der Waals surface area (Å²) in [5.74, 6) is -0.198. The van der Waals surface area contributed by atoms with Gasteiger partial charge in [-0.15, -0.1) is 0 Å². The lowest BCUT2D eigenvalue weighted by Gasteiger charge is -2.41. The zero-order valence-corrected chi connectivity index (χ0v) is 17.6. The number of hydrogen-bond acceptors (Lipinski definition) is 4. The number of amides is 1. The van der Waals surface area contributed by atoms with Gasteiger partial charge in [-0.1, -0.05) is 20.3 Å². The number of benzene rings is 1. The van der Waals surface area contributed by atoms with Crippen LogP contribution >= 0.6 is 0 Å². The molecule has 3 atom stereocenters. The number of carbonyl (C=O) groups is 2. The molecule has 1 aromatic rings. The molecule has 1 amide bonds. The molecule has 6 heteroatoms. The van der Waals surface area contributed by atoms with E-state index in [-0.39, 0.29) is 35.1 Å². The van der Waals surface area contributed by atoms with Crippen LogP contribution in [0.1, 0.15) is 52.0 Å². The van der Waals surface area contributed by atoms with E-state index >= 15 is 0 Å². The monoisotopic (exact) mass is 403 g/mol. The number of allylic oxidation sites excluding steroid dienone is 1. The zero-order valence-electron chi connectivity index (χ0n) is 17.6. The average Bonchev–Trinajstić information content (AvgIpc) is 3.08. The first-order chi connectivity index (χ1) is 13.8. The highest BCUT2D eigenvalue weighted by molar-refractivity contribution is 5.94. The van der Waals surface area contributed by atoms with Crippen LogP contribution in [-0.2, 0) is 20.7 Å². The van der Waals surface area contributed by atoms with Crippen LogP contribution in [-0.4, -0.2) is 31.0 Å². The Morgan fingerprint density at radius 1 is 1.45 bits per heavy atom. The van der Waals surface area contributed by atoms with Gasteiger partial charge in [-0.2, -0.15) is 0 Å². The molecule has 1 saturated heterocycles. The Kier molecular flexibility index (Phi) is 6.42. The Balaban J connectivity index is 1.91. The quantitative estimate of drug-likeness (QED) is 0.731. The lowest BCUT2D eigenvalue weighted by Crippen LogP contribution is -2.44. The lowest BCUT2D eigenvalue weighted by molar-refractivity contribution is -0.123. The Morgan fingerprint density at radius 3 is 2.86 bits per heavy atom. The maximum atomic E-state index is 14.8. The van der Waals surface area contributed by atoms with Crippen molar-refractivity contribution in [2.24, 2.45) is 11.8 Å². The van der Waals surface area contributed by atoms with Crippen molar-refractivity contribution in [2.75, 3.05) is 19.0 Å². The number of ether oxygens (including phenoxy) is 2. The molecule has 3 rings (SSSR count). The van der Waals surface area contributed by atoms with E-state index in [1.54, 1.807) is 12.1 Å². The fraction of sp³-hybridized carbons (Fsp3) is 0.565. The molecule has 0 saturated carbocycles. The van der Waals surface area contributed by atoms with Gasteiger partial charge in [0.25, 0.3) is 0 Å². The second-order valence-corrected chi connectivity index (χ2v) is 8.18. The molecule has 1 aromatic carbocycles. The van der Waals surface area contributed by atoms with E-state index in [2.05, 4.69) is 19.2 Å². The van der Waals surface area contributed by atoms with Crippen molar-refractivity contribution in [3.63, 3.8) is 0 Å². The van der Waals surface area contributed by atoms with E-state index in [1.807, 2.05) is 0 Å². The summed E-state index contributed by atoms with van der Waals surface area (Å²) in [6.45, 7) is 6.12. The fourth-order valence-corrected chi connectivity index (χ4v) is 4.75. The molecule has 0 radical (unpaired) electrons. The maximum absolute atomic E-state index is 14.8. The molecule has 29 heavy (non-hydrogen) atoms. The number of anilines is 1. The predicted molar refractivity (Wildman–Crippen MR) is 110 cm³/mol. The third-order valence-electron chi connectivity index (χ3n) is 6.18. The van der Waals surface area contributed by atoms with E-state index < -0.39 is 5.60 Å². The number of carbonyl (C=O) groups excluding carboxylic acids is 2. The minimum absolute atomic E-state index is 0.0169. The van der Waals surface area contributed by atoms with Gasteiger partial charge in [-0.3, -0.25) is 9.59 Å². The van der Waals surface area contributed by atoms with E-state index in [0.717, 1.165) is 24.8 Å². The summed E-state index contributed by atoms with van der Waals surface area (Å²) in [6, 6.07) is 2.94. The molecule has 1 heterocycles. The second kappa shape index (κ2) is 8.66. The van der Waals surface area contributed by atoms with Gasteiger partial charge in [0.05, 0.1) is 25.0 Å². The molecule has 5 nitrogen and oxygen atoms in total. The highest BCUT2D eigenvalue weighted by Crippen LogP contribution is 2.48. The molecule has 0 bridgehead atoms. The Labute approximate surface area is 171 Å². The van der Waals surface area contributed by atoms with Crippen LogP contribution in [0.2, 0.25) is 0 Å². The van der Waals surface area contributed by atoms with Gasteiger partial charge in [0.1, 0.15) is 11.6 Å². The molecule has 1 aliphatic carbocycles. The SMILES string of the molecule is CCC[C@H]1C[C@]2(C(C)Cc3cc(NC(C)=O)c(OC)cc3F)OCCC2=CC1=O. The van der Waals surface area contributed by atoms with E-state index in [9.17, 15) is 14.0 Å². The largest absolute Gasteiger partial charge is 0.494 e. The van der Waals surface area contributed by atoms with Crippen molar-refractivity contribution in [1.82, 2.24) is 0 Å². The highest BCUT2D eigenvalue weighted by atomic mass is 19.1. The van der Waals surface area contributed by atoms with Crippen LogP contribution in [0.3, 0.4) is 0 Å². The van der Waals surface area contributed by atoms with Crippen LogP contribution in [0.15, 0.2) is 23.8 Å². The molecule has 0 spiro atoms. The first-order valence-electron chi connectivity index (χ1n) is 10.3. The first-order valence-corrected chi connectivity index (χ1v) is 10.3. The molecule has 158 valence electrons. The Bertz CT molecular complexity index is 834. The van der Waals surface area contributed by atoms with Crippen molar-refractivity contribution in [3.8, 4) is 5.75 Å². The molecular formula is C23H30FNO4. The number of halogens is 1. The number of hydrogen-bond donors (Lipinski definition) is 1. The molecular weight excluding hydrogens is 373 g/mol. The van der Waals surface area contributed by atoms with E-state index in [1.165, 1.54) is 20.1 Å². The van der Waals surface area contributed by atoms with Crippen LogP contribution in [0.4, 0.5) is 10.1 Å². The summed E-state index contributed by atoms with van der Waals surface area (Å²) in [7, 11) is 1.44. The van der Waals surface area contributed by atoms with Crippen LogP contribution in [0, 0.1) is 17.7 Å². The standard InChI is InChI=1S/C23H30FNO4/c1-5-6-16-13-23(18(7-8-29-23)11-21(16)27)14(2)9-17-10-20(25-15(3)26)22(28-4)12-19(17)24/h10-12,14,16H,5-9,13H2,1-4H3,(H,25,26)/t14?,16-,23+/m0/s1. The van der Waals surface area contributed by atoms with Gasteiger partial charge >= 0.3 is 0 Å². The van der Waals surface area contributed by atoms with Crippen molar-refractivity contribution in [2.45, 2.75) is 58.5 Å². The Morgan fingerprint density at radius 2 is 2.21 bits per heavy atom. The Hall–Kier alpha value is -2.21. The third-order valence-corrected chi connectivity index (χ3v) is 6.18. The molecule has 1 fully saturated rings. The van der Waals surface area contributed by atoms with Crippen LogP contribution < -0.4 is 10.1 Å². The van der Waals surface area contributed by atoms with Crippen LogP contribution in [0.5, 0.6) is 5.75 Å². The van der Waals surface area contributed by atoms with Gasteiger partial charge in [0.15, 0.2) is 5.78 Å². The predicted octanol–water partition coefficient (Wildman–Crippen LogP) is 4.45. The molecule has 1 unspecified atom stereocenters. The molecule has 0 aromatic heterocycles.